The number of aryl methyl sites for hydroxylation is 1. The van der Waals surface area contributed by atoms with Crippen molar-refractivity contribution in [3.05, 3.63) is 35.1 Å². The number of urea groups is 1. The van der Waals surface area contributed by atoms with Gasteiger partial charge in [0.25, 0.3) is 0 Å². The van der Waals surface area contributed by atoms with Gasteiger partial charge in [-0.2, -0.15) is 0 Å². The molecule has 2 aliphatic heterocycles. The van der Waals surface area contributed by atoms with Crippen LogP contribution in [-0.4, -0.2) is 61.3 Å². The molecule has 2 amide bonds. The van der Waals surface area contributed by atoms with Crippen LogP contribution in [0.25, 0.3) is 0 Å². The van der Waals surface area contributed by atoms with Crippen LogP contribution in [0.15, 0.2) is 18.2 Å². The molecule has 1 aromatic rings. The van der Waals surface area contributed by atoms with Crippen molar-refractivity contribution in [3.63, 3.8) is 0 Å². The maximum absolute atomic E-state index is 13.7. The first-order valence-corrected chi connectivity index (χ1v) is 9.18. The second kappa shape index (κ2) is 8.15. The number of benzene rings is 1. The molecule has 0 saturated carbocycles. The Hall–Kier alpha value is -1.66. The minimum Gasteiger partial charge on any atom is -0.381 e. The van der Waals surface area contributed by atoms with Crippen molar-refractivity contribution >= 4 is 6.03 Å². The first-order chi connectivity index (χ1) is 12.0. The highest BCUT2D eigenvalue weighted by Crippen LogP contribution is 2.18. The maximum atomic E-state index is 13.7. The summed E-state index contributed by atoms with van der Waals surface area (Å²) >= 11 is 0. The van der Waals surface area contributed by atoms with Gasteiger partial charge in [0.05, 0.1) is 6.04 Å². The highest BCUT2D eigenvalue weighted by atomic mass is 19.1. The molecule has 2 heterocycles. The fraction of sp³-hybridized carbons (Fsp3) is 0.632. The Kier molecular flexibility index (Phi) is 5.91. The van der Waals surface area contributed by atoms with E-state index in [4.69, 9.17) is 4.74 Å². The van der Waals surface area contributed by atoms with Crippen LogP contribution in [0.1, 0.15) is 36.9 Å². The fourth-order valence-electron chi connectivity index (χ4n) is 3.58. The monoisotopic (exact) mass is 349 g/mol. The van der Waals surface area contributed by atoms with Crippen LogP contribution in [0.3, 0.4) is 0 Å². The summed E-state index contributed by atoms with van der Waals surface area (Å²) in [7, 11) is 0. The summed E-state index contributed by atoms with van der Waals surface area (Å²) in [6.45, 7) is 8.60. The molecule has 0 radical (unpaired) electrons. The number of nitrogens with zero attached hydrogens (tertiary/aromatic N) is 2. The quantitative estimate of drug-likeness (QED) is 0.913. The van der Waals surface area contributed by atoms with Crippen molar-refractivity contribution in [1.29, 1.82) is 0 Å². The normalized spacial score (nSPS) is 21.2. The van der Waals surface area contributed by atoms with Crippen LogP contribution >= 0.6 is 0 Å². The van der Waals surface area contributed by atoms with Gasteiger partial charge < -0.3 is 15.0 Å². The molecule has 0 bridgehead atoms. The zero-order valence-electron chi connectivity index (χ0n) is 15.1. The zero-order chi connectivity index (χ0) is 17.8. The molecule has 25 heavy (non-hydrogen) atoms. The number of hydrogen-bond donors (Lipinski definition) is 1. The van der Waals surface area contributed by atoms with E-state index in [1.54, 1.807) is 13.0 Å². The van der Waals surface area contributed by atoms with Gasteiger partial charge in [0.15, 0.2) is 0 Å². The molecule has 0 spiro atoms. The first kappa shape index (κ1) is 18.1. The number of rotatable bonds is 3. The lowest BCUT2D eigenvalue weighted by Crippen LogP contribution is -2.55. The number of carbonyl (C=O) groups is 1. The number of carbonyl (C=O) groups excluding carboxylic acids is 1. The highest BCUT2D eigenvalue weighted by molar-refractivity contribution is 5.74. The largest absolute Gasteiger partial charge is 0.381 e. The van der Waals surface area contributed by atoms with Crippen LogP contribution in [0, 0.1) is 12.7 Å². The molecule has 0 aliphatic carbocycles. The predicted octanol–water partition coefficient (Wildman–Crippen LogP) is 2.70. The fourth-order valence-corrected chi connectivity index (χ4v) is 3.58. The summed E-state index contributed by atoms with van der Waals surface area (Å²) < 4.78 is 19.1. The molecule has 6 heteroatoms. The van der Waals surface area contributed by atoms with E-state index in [1.807, 2.05) is 17.9 Å². The second-order valence-electron chi connectivity index (χ2n) is 7.05. The van der Waals surface area contributed by atoms with E-state index in [0.717, 1.165) is 57.8 Å². The van der Waals surface area contributed by atoms with E-state index in [1.165, 1.54) is 6.07 Å². The Bertz CT molecular complexity index is 596. The Morgan fingerprint density at radius 3 is 2.56 bits per heavy atom. The van der Waals surface area contributed by atoms with Gasteiger partial charge in [-0.3, -0.25) is 4.90 Å². The SMILES string of the molecule is Cc1ccc(C(C)NC(=O)N2CCN(C3CCOCC3)CC2)cc1F. The average Bonchev–Trinajstić information content (AvgIpc) is 2.64. The van der Waals surface area contributed by atoms with Crippen LogP contribution in [-0.2, 0) is 4.74 Å². The van der Waals surface area contributed by atoms with Crippen molar-refractivity contribution in [3.8, 4) is 0 Å². The third-order valence-electron chi connectivity index (χ3n) is 5.34. The van der Waals surface area contributed by atoms with Crippen LogP contribution in [0.2, 0.25) is 0 Å². The van der Waals surface area contributed by atoms with E-state index < -0.39 is 0 Å². The van der Waals surface area contributed by atoms with Gasteiger partial charge in [-0.1, -0.05) is 12.1 Å². The van der Waals surface area contributed by atoms with Gasteiger partial charge in [0, 0.05) is 45.4 Å². The molecular weight excluding hydrogens is 321 g/mol. The number of hydrogen-bond acceptors (Lipinski definition) is 3. The number of amides is 2. The van der Waals surface area contributed by atoms with E-state index in [2.05, 4.69) is 10.2 Å². The lowest BCUT2D eigenvalue weighted by atomic mass is 10.1. The lowest BCUT2D eigenvalue weighted by Gasteiger charge is -2.40. The average molecular weight is 349 g/mol. The minimum atomic E-state index is -0.233. The Morgan fingerprint density at radius 1 is 1.24 bits per heavy atom. The molecule has 5 nitrogen and oxygen atoms in total. The standard InChI is InChI=1S/C19H28FN3O2/c1-14-3-4-16(13-18(14)20)15(2)21-19(24)23-9-7-22(8-10-23)17-5-11-25-12-6-17/h3-4,13,15,17H,5-12H2,1-2H3,(H,21,24). The van der Waals surface area contributed by atoms with E-state index in [9.17, 15) is 9.18 Å². The van der Waals surface area contributed by atoms with Crippen LogP contribution < -0.4 is 5.32 Å². The van der Waals surface area contributed by atoms with Gasteiger partial charge >= 0.3 is 6.03 Å². The molecule has 0 aromatic heterocycles. The van der Waals surface area contributed by atoms with Gasteiger partial charge in [-0.05, 0) is 43.9 Å². The van der Waals surface area contributed by atoms with Gasteiger partial charge in [0.1, 0.15) is 5.82 Å². The van der Waals surface area contributed by atoms with Crippen molar-refractivity contribution < 1.29 is 13.9 Å². The molecule has 1 atom stereocenters. The molecule has 1 N–H and O–H groups in total. The Balaban J connectivity index is 1.49. The molecular formula is C19H28FN3O2. The van der Waals surface area contributed by atoms with Crippen LogP contribution in [0.5, 0.6) is 0 Å². The van der Waals surface area contributed by atoms with E-state index in [0.29, 0.717) is 11.6 Å². The minimum absolute atomic E-state index is 0.0693. The van der Waals surface area contributed by atoms with Gasteiger partial charge in [0.2, 0.25) is 0 Å². The third-order valence-corrected chi connectivity index (χ3v) is 5.34. The van der Waals surface area contributed by atoms with Crippen molar-refractivity contribution in [1.82, 2.24) is 15.1 Å². The molecule has 138 valence electrons. The number of ether oxygens (including phenoxy) is 1. The summed E-state index contributed by atoms with van der Waals surface area (Å²) in [6.07, 6.45) is 2.17. The highest BCUT2D eigenvalue weighted by Gasteiger charge is 2.27. The summed E-state index contributed by atoms with van der Waals surface area (Å²) in [5.41, 5.74) is 1.41. The first-order valence-electron chi connectivity index (χ1n) is 9.18. The summed E-state index contributed by atoms with van der Waals surface area (Å²) in [6, 6.07) is 5.43. The topological polar surface area (TPSA) is 44.8 Å². The van der Waals surface area contributed by atoms with Crippen molar-refractivity contribution in [2.45, 2.75) is 38.8 Å². The Morgan fingerprint density at radius 2 is 1.92 bits per heavy atom. The summed E-state index contributed by atoms with van der Waals surface area (Å²) in [4.78, 5) is 16.8. The lowest BCUT2D eigenvalue weighted by molar-refractivity contribution is 0.0186. The molecule has 2 saturated heterocycles. The van der Waals surface area contributed by atoms with Gasteiger partial charge in [-0.15, -0.1) is 0 Å². The number of piperazine rings is 1. The molecule has 3 rings (SSSR count). The maximum Gasteiger partial charge on any atom is 0.317 e. The zero-order valence-corrected chi connectivity index (χ0v) is 15.1. The van der Waals surface area contributed by atoms with E-state index >= 15 is 0 Å². The Labute approximate surface area is 149 Å². The smallest absolute Gasteiger partial charge is 0.317 e. The molecule has 1 aromatic carbocycles. The number of halogens is 1. The summed E-state index contributed by atoms with van der Waals surface area (Å²) in [5.74, 6) is -0.233. The third kappa shape index (κ3) is 4.50. The number of nitrogens with one attached hydrogen (secondary N) is 1. The van der Waals surface area contributed by atoms with Gasteiger partial charge in [-0.25, -0.2) is 9.18 Å². The summed E-state index contributed by atoms with van der Waals surface area (Å²) in [5, 5.41) is 2.99. The predicted molar refractivity (Wildman–Crippen MR) is 95.1 cm³/mol. The van der Waals surface area contributed by atoms with Crippen LogP contribution in [0.4, 0.5) is 9.18 Å². The molecule has 2 fully saturated rings. The van der Waals surface area contributed by atoms with E-state index in [-0.39, 0.29) is 17.9 Å². The molecule has 2 aliphatic rings. The van der Waals surface area contributed by atoms with Crippen molar-refractivity contribution in [2.24, 2.45) is 0 Å². The second-order valence-corrected chi connectivity index (χ2v) is 7.05. The molecule has 1 unspecified atom stereocenters. The van der Waals surface area contributed by atoms with Crippen molar-refractivity contribution in [2.75, 3.05) is 39.4 Å².